The second-order valence-corrected chi connectivity index (χ2v) is 3.83. The largest absolute Gasteiger partial charge is 0.248 e. The summed E-state index contributed by atoms with van der Waals surface area (Å²) in [6, 6.07) is 0. The summed E-state index contributed by atoms with van der Waals surface area (Å²) in [7, 11) is 0. The van der Waals surface area contributed by atoms with Crippen LogP contribution in [0, 0.1) is 5.92 Å². The third-order valence-electron chi connectivity index (χ3n) is 2.05. The van der Waals surface area contributed by atoms with E-state index in [0.717, 1.165) is 17.3 Å². The first-order chi connectivity index (χ1) is 4.64. The first-order valence-electron chi connectivity index (χ1n) is 3.58. The molecule has 0 bridgehead atoms. The molecule has 0 spiro atoms. The van der Waals surface area contributed by atoms with E-state index in [1.807, 2.05) is 0 Å². The Kier molecular flexibility index (Phi) is 2.89. The Labute approximate surface area is 73.5 Å². The molecular weight excluding hydrogens is 249 g/mol. The zero-order chi connectivity index (χ0) is 7.61. The van der Waals surface area contributed by atoms with Crippen LogP contribution >= 0.6 is 22.6 Å². The lowest BCUT2D eigenvalue weighted by Crippen LogP contribution is -2.24. The molecule has 1 aliphatic rings. The molecule has 60 valence electrons. The van der Waals surface area contributed by atoms with E-state index in [0.29, 0.717) is 5.92 Å². The minimum atomic E-state index is -2.34. The lowest BCUT2D eigenvalue weighted by Gasteiger charge is -2.26. The van der Waals surface area contributed by atoms with Crippen LogP contribution in [0.15, 0.2) is 0 Å². The van der Waals surface area contributed by atoms with Gasteiger partial charge in [-0.3, -0.25) is 0 Å². The highest BCUT2D eigenvalue weighted by Crippen LogP contribution is 2.36. The van der Waals surface area contributed by atoms with Crippen LogP contribution in [0.4, 0.5) is 8.78 Å². The molecule has 1 saturated carbocycles. The lowest BCUT2D eigenvalue weighted by atomic mass is 9.88. The van der Waals surface area contributed by atoms with Crippen LogP contribution in [0.5, 0.6) is 0 Å². The van der Waals surface area contributed by atoms with Crippen LogP contribution < -0.4 is 0 Å². The predicted molar refractivity (Wildman–Crippen MR) is 45.8 cm³/mol. The van der Waals surface area contributed by atoms with Crippen LogP contribution in [-0.4, -0.2) is 10.4 Å². The summed E-state index contributed by atoms with van der Waals surface area (Å²) in [5.41, 5.74) is 0. The summed E-state index contributed by atoms with van der Waals surface area (Å²) in [6.07, 6.45) is 1.66. The van der Waals surface area contributed by atoms with Gasteiger partial charge in [0, 0.05) is 17.3 Å². The minimum absolute atomic E-state index is 0.112. The molecule has 0 unspecified atom stereocenters. The van der Waals surface area contributed by atoms with Crippen LogP contribution in [0.3, 0.4) is 0 Å². The van der Waals surface area contributed by atoms with Gasteiger partial charge in [0.25, 0.3) is 0 Å². The van der Waals surface area contributed by atoms with Gasteiger partial charge in [-0.15, -0.1) is 0 Å². The van der Waals surface area contributed by atoms with E-state index in [4.69, 9.17) is 0 Å². The van der Waals surface area contributed by atoms with Crippen molar-refractivity contribution in [3.8, 4) is 0 Å². The van der Waals surface area contributed by atoms with Crippen LogP contribution in [0.2, 0.25) is 0 Å². The molecule has 0 atom stereocenters. The Balaban J connectivity index is 2.31. The summed E-state index contributed by atoms with van der Waals surface area (Å²) >= 11 is 2.27. The fourth-order valence-corrected chi connectivity index (χ4v) is 2.14. The van der Waals surface area contributed by atoms with Gasteiger partial charge in [0.2, 0.25) is 5.92 Å². The topological polar surface area (TPSA) is 0 Å². The summed E-state index contributed by atoms with van der Waals surface area (Å²) in [5, 5.41) is 0. The van der Waals surface area contributed by atoms with Gasteiger partial charge in [0.05, 0.1) is 0 Å². The van der Waals surface area contributed by atoms with Crippen LogP contribution in [0.25, 0.3) is 0 Å². The minimum Gasteiger partial charge on any atom is -0.207 e. The van der Waals surface area contributed by atoms with Crippen molar-refractivity contribution in [3.05, 3.63) is 0 Å². The molecule has 0 aromatic carbocycles. The maximum atomic E-state index is 12.5. The zero-order valence-electron chi connectivity index (χ0n) is 5.75. The molecular formula is C7H11F2I. The number of hydrogen-bond acceptors (Lipinski definition) is 0. The molecule has 10 heavy (non-hydrogen) atoms. The standard InChI is InChI=1S/C7H11F2I/c8-7(9)3-1-6(5-10)2-4-7/h6H,1-5H2. The van der Waals surface area contributed by atoms with Crippen molar-refractivity contribution in [3.63, 3.8) is 0 Å². The van der Waals surface area contributed by atoms with Crippen molar-refractivity contribution >= 4 is 22.6 Å². The molecule has 1 aliphatic carbocycles. The normalized spacial score (nSPS) is 26.7. The van der Waals surface area contributed by atoms with E-state index in [-0.39, 0.29) is 12.8 Å². The Hall–Kier alpha value is 0.590. The molecule has 0 saturated heterocycles. The Morgan fingerprint density at radius 3 is 2.20 bits per heavy atom. The molecule has 0 radical (unpaired) electrons. The molecule has 0 aromatic rings. The van der Waals surface area contributed by atoms with Gasteiger partial charge in [-0.05, 0) is 18.8 Å². The van der Waals surface area contributed by atoms with Crippen molar-refractivity contribution in [2.24, 2.45) is 5.92 Å². The third-order valence-corrected chi connectivity index (χ3v) is 3.30. The number of halogens is 3. The number of hydrogen-bond donors (Lipinski definition) is 0. The Bertz CT molecular complexity index is 104. The van der Waals surface area contributed by atoms with E-state index in [1.54, 1.807) is 0 Å². The quantitative estimate of drug-likeness (QED) is 0.501. The van der Waals surface area contributed by atoms with Crippen LogP contribution in [0.1, 0.15) is 25.7 Å². The van der Waals surface area contributed by atoms with Gasteiger partial charge in [-0.25, -0.2) is 8.78 Å². The van der Waals surface area contributed by atoms with Crippen molar-refractivity contribution in [1.82, 2.24) is 0 Å². The van der Waals surface area contributed by atoms with Gasteiger partial charge < -0.3 is 0 Å². The molecule has 0 amide bonds. The maximum absolute atomic E-state index is 12.5. The van der Waals surface area contributed by atoms with E-state index >= 15 is 0 Å². The monoisotopic (exact) mass is 260 g/mol. The summed E-state index contributed by atoms with van der Waals surface area (Å²) in [6.45, 7) is 0. The molecule has 3 heteroatoms. The molecule has 0 aromatic heterocycles. The smallest absolute Gasteiger partial charge is 0.207 e. The molecule has 1 rings (SSSR count). The van der Waals surface area contributed by atoms with E-state index in [2.05, 4.69) is 22.6 Å². The average molecular weight is 260 g/mol. The summed E-state index contributed by atoms with van der Waals surface area (Å²) in [4.78, 5) is 0. The van der Waals surface area contributed by atoms with E-state index in [1.165, 1.54) is 0 Å². The number of alkyl halides is 3. The molecule has 0 N–H and O–H groups in total. The highest BCUT2D eigenvalue weighted by molar-refractivity contribution is 14.1. The molecule has 0 nitrogen and oxygen atoms in total. The second kappa shape index (κ2) is 3.32. The lowest BCUT2D eigenvalue weighted by molar-refractivity contribution is -0.0430. The highest BCUT2D eigenvalue weighted by atomic mass is 127. The van der Waals surface area contributed by atoms with Gasteiger partial charge in [0.1, 0.15) is 0 Å². The van der Waals surface area contributed by atoms with E-state index in [9.17, 15) is 8.78 Å². The fraction of sp³-hybridized carbons (Fsp3) is 1.00. The first-order valence-corrected chi connectivity index (χ1v) is 5.10. The van der Waals surface area contributed by atoms with Crippen molar-refractivity contribution in [2.75, 3.05) is 4.43 Å². The Morgan fingerprint density at radius 1 is 1.30 bits per heavy atom. The van der Waals surface area contributed by atoms with E-state index < -0.39 is 5.92 Å². The highest BCUT2D eigenvalue weighted by Gasteiger charge is 2.34. The van der Waals surface area contributed by atoms with Gasteiger partial charge in [0.15, 0.2) is 0 Å². The zero-order valence-corrected chi connectivity index (χ0v) is 7.90. The summed E-state index contributed by atoms with van der Waals surface area (Å²) in [5.74, 6) is -1.79. The molecule has 0 heterocycles. The Morgan fingerprint density at radius 2 is 1.80 bits per heavy atom. The van der Waals surface area contributed by atoms with Crippen molar-refractivity contribution < 1.29 is 8.78 Å². The third kappa shape index (κ3) is 2.32. The summed E-state index contributed by atoms with van der Waals surface area (Å²) < 4.78 is 26.1. The van der Waals surface area contributed by atoms with Gasteiger partial charge in [-0.2, -0.15) is 0 Å². The average Bonchev–Trinajstić information content (AvgIpc) is 1.88. The molecule has 0 aliphatic heterocycles. The van der Waals surface area contributed by atoms with Crippen molar-refractivity contribution in [2.45, 2.75) is 31.6 Å². The van der Waals surface area contributed by atoms with Gasteiger partial charge in [-0.1, -0.05) is 22.6 Å². The number of rotatable bonds is 1. The predicted octanol–water partition coefficient (Wildman–Crippen LogP) is 3.25. The maximum Gasteiger partial charge on any atom is 0.248 e. The van der Waals surface area contributed by atoms with Crippen molar-refractivity contribution in [1.29, 1.82) is 0 Å². The first kappa shape index (κ1) is 8.68. The second-order valence-electron chi connectivity index (χ2n) is 2.95. The SMILES string of the molecule is FC1(F)CCC(CI)CC1. The fourth-order valence-electron chi connectivity index (χ4n) is 1.25. The van der Waals surface area contributed by atoms with Crippen LogP contribution in [-0.2, 0) is 0 Å². The molecule has 1 fully saturated rings. The van der Waals surface area contributed by atoms with Gasteiger partial charge >= 0.3 is 0 Å².